The van der Waals surface area contributed by atoms with Crippen molar-refractivity contribution in [2.45, 2.75) is 44.8 Å². The first kappa shape index (κ1) is 12.6. The van der Waals surface area contributed by atoms with E-state index in [1.54, 1.807) is 0 Å². The standard InChI is InChI=1S/C9H18O4/c10-7-5-3-1-2-4-6-8(11)9(12)13/h9-10,12-13H,1-7H2. The summed E-state index contributed by atoms with van der Waals surface area (Å²) >= 11 is 0. The van der Waals surface area contributed by atoms with Crippen LogP contribution in [0.25, 0.3) is 0 Å². The smallest absolute Gasteiger partial charge is 0.212 e. The van der Waals surface area contributed by atoms with Crippen LogP contribution in [0, 0.1) is 0 Å². The van der Waals surface area contributed by atoms with Crippen molar-refractivity contribution in [2.75, 3.05) is 6.61 Å². The summed E-state index contributed by atoms with van der Waals surface area (Å²) in [6, 6.07) is 0. The van der Waals surface area contributed by atoms with E-state index < -0.39 is 12.1 Å². The van der Waals surface area contributed by atoms with Crippen LogP contribution in [0.4, 0.5) is 0 Å². The highest BCUT2D eigenvalue weighted by atomic mass is 16.5. The maximum Gasteiger partial charge on any atom is 0.212 e. The second-order valence-corrected chi connectivity index (χ2v) is 3.08. The number of hydrogen-bond donors (Lipinski definition) is 3. The van der Waals surface area contributed by atoms with E-state index in [2.05, 4.69) is 0 Å². The Morgan fingerprint density at radius 2 is 1.54 bits per heavy atom. The second kappa shape index (κ2) is 8.16. The monoisotopic (exact) mass is 190 g/mol. The summed E-state index contributed by atoms with van der Waals surface area (Å²) in [6.45, 7) is 0.217. The minimum absolute atomic E-state index is 0.217. The van der Waals surface area contributed by atoms with Gasteiger partial charge in [0.2, 0.25) is 6.29 Å². The lowest BCUT2D eigenvalue weighted by Gasteiger charge is -2.02. The van der Waals surface area contributed by atoms with Crippen LogP contribution in [0.1, 0.15) is 38.5 Å². The normalized spacial score (nSPS) is 10.8. The highest BCUT2D eigenvalue weighted by Gasteiger charge is 2.09. The van der Waals surface area contributed by atoms with Gasteiger partial charge in [0.05, 0.1) is 0 Å². The first-order valence-electron chi connectivity index (χ1n) is 4.68. The molecule has 0 rings (SSSR count). The number of hydrogen-bond acceptors (Lipinski definition) is 4. The van der Waals surface area contributed by atoms with E-state index in [1.807, 2.05) is 0 Å². The molecule has 0 atom stereocenters. The van der Waals surface area contributed by atoms with Gasteiger partial charge in [-0.2, -0.15) is 0 Å². The van der Waals surface area contributed by atoms with Crippen LogP contribution in [0.2, 0.25) is 0 Å². The molecule has 0 spiro atoms. The maximum absolute atomic E-state index is 10.7. The SMILES string of the molecule is O=C(CCCCCCCO)C(O)O. The Hall–Kier alpha value is -0.450. The highest BCUT2D eigenvalue weighted by molar-refractivity contribution is 5.81. The number of rotatable bonds is 8. The van der Waals surface area contributed by atoms with Crippen molar-refractivity contribution in [3.8, 4) is 0 Å². The Kier molecular flexibility index (Phi) is 7.88. The number of Topliss-reactive ketones (excluding diaryl/α,β-unsaturated/α-hetero) is 1. The molecule has 0 amide bonds. The zero-order valence-corrected chi connectivity index (χ0v) is 7.78. The number of unbranched alkanes of at least 4 members (excludes halogenated alkanes) is 4. The average molecular weight is 190 g/mol. The number of carbonyl (C=O) groups excluding carboxylic acids is 1. The van der Waals surface area contributed by atoms with Gasteiger partial charge < -0.3 is 15.3 Å². The lowest BCUT2D eigenvalue weighted by molar-refractivity contribution is -0.145. The molecule has 0 bridgehead atoms. The Balaban J connectivity index is 3.12. The first-order valence-corrected chi connectivity index (χ1v) is 4.68. The molecule has 0 radical (unpaired) electrons. The van der Waals surface area contributed by atoms with Crippen molar-refractivity contribution in [3.63, 3.8) is 0 Å². The van der Waals surface area contributed by atoms with Crippen LogP contribution in [0.15, 0.2) is 0 Å². The van der Waals surface area contributed by atoms with Crippen LogP contribution < -0.4 is 0 Å². The molecule has 0 aromatic carbocycles. The van der Waals surface area contributed by atoms with E-state index in [-0.39, 0.29) is 13.0 Å². The molecule has 0 unspecified atom stereocenters. The van der Waals surface area contributed by atoms with E-state index in [9.17, 15) is 4.79 Å². The van der Waals surface area contributed by atoms with Gasteiger partial charge >= 0.3 is 0 Å². The Labute approximate surface area is 78.2 Å². The zero-order chi connectivity index (χ0) is 10.1. The molecule has 0 aromatic heterocycles. The predicted molar refractivity (Wildman–Crippen MR) is 48.0 cm³/mol. The molecule has 3 N–H and O–H groups in total. The van der Waals surface area contributed by atoms with Gasteiger partial charge in [0.1, 0.15) is 0 Å². The summed E-state index contributed by atoms with van der Waals surface area (Å²) in [4.78, 5) is 10.7. The van der Waals surface area contributed by atoms with Crippen molar-refractivity contribution in [1.29, 1.82) is 0 Å². The lowest BCUT2D eigenvalue weighted by Crippen LogP contribution is -2.18. The Bertz CT molecular complexity index is 134. The molecule has 0 fully saturated rings. The summed E-state index contributed by atoms with van der Waals surface area (Å²) < 4.78 is 0. The third kappa shape index (κ3) is 7.90. The molecule has 0 aliphatic heterocycles. The van der Waals surface area contributed by atoms with Gasteiger partial charge in [-0.1, -0.05) is 19.3 Å². The fraction of sp³-hybridized carbons (Fsp3) is 0.889. The Morgan fingerprint density at radius 1 is 1.00 bits per heavy atom. The summed E-state index contributed by atoms with van der Waals surface area (Å²) in [6.07, 6.45) is 2.77. The quantitative estimate of drug-likeness (QED) is 0.377. The van der Waals surface area contributed by atoms with Crippen molar-refractivity contribution in [2.24, 2.45) is 0 Å². The lowest BCUT2D eigenvalue weighted by atomic mass is 10.1. The van der Waals surface area contributed by atoms with Crippen LogP contribution in [0.5, 0.6) is 0 Å². The minimum atomic E-state index is -1.81. The predicted octanol–water partition coefficient (Wildman–Crippen LogP) is 0.199. The van der Waals surface area contributed by atoms with Gasteiger partial charge in [-0.05, 0) is 12.8 Å². The van der Waals surface area contributed by atoms with Gasteiger partial charge in [-0.25, -0.2) is 0 Å². The summed E-state index contributed by atoms with van der Waals surface area (Å²) in [5.41, 5.74) is 0. The summed E-state index contributed by atoms with van der Waals surface area (Å²) in [5, 5.41) is 25.3. The van der Waals surface area contributed by atoms with Gasteiger partial charge in [-0.15, -0.1) is 0 Å². The molecule has 0 aliphatic rings. The van der Waals surface area contributed by atoms with Crippen LogP contribution in [-0.4, -0.2) is 34.0 Å². The molecule has 4 heteroatoms. The molecule has 0 saturated carbocycles. The van der Waals surface area contributed by atoms with E-state index in [0.717, 1.165) is 25.7 Å². The van der Waals surface area contributed by atoms with Gasteiger partial charge in [0, 0.05) is 13.0 Å². The van der Waals surface area contributed by atoms with Crippen LogP contribution >= 0.6 is 0 Å². The third-order valence-electron chi connectivity index (χ3n) is 1.87. The van der Waals surface area contributed by atoms with Crippen LogP contribution in [-0.2, 0) is 4.79 Å². The molecule has 13 heavy (non-hydrogen) atoms. The van der Waals surface area contributed by atoms with E-state index in [4.69, 9.17) is 15.3 Å². The van der Waals surface area contributed by atoms with Crippen molar-refractivity contribution < 1.29 is 20.1 Å². The van der Waals surface area contributed by atoms with Crippen molar-refractivity contribution >= 4 is 5.78 Å². The second-order valence-electron chi connectivity index (χ2n) is 3.08. The van der Waals surface area contributed by atoms with Gasteiger partial charge in [0.25, 0.3) is 0 Å². The molecular weight excluding hydrogens is 172 g/mol. The largest absolute Gasteiger partial charge is 0.396 e. The maximum atomic E-state index is 10.7. The fourth-order valence-electron chi connectivity index (χ4n) is 1.07. The van der Waals surface area contributed by atoms with Crippen molar-refractivity contribution in [1.82, 2.24) is 0 Å². The highest BCUT2D eigenvalue weighted by Crippen LogP contribution is 2.05. The number of aliphatic hydroxyl groups excluding tert-OH is 2. The molecule has 0 heterocycles. The van der Waals surface area contributed by atoms with Crippen molar-refractivity contribution in [3.05, 3.63) is 0 Å². The molecular formula is C9H18O4. The summed E-state index contributed by atoms with van der Waals surface area (Å²) in [5.74, 6) is -0.512. The van der Waals surface area contributed by atoms with Gasteiger partial charge in [-0.3, -0.25) is 4.79 Å². The third-order valence-corrected chi connectivity index (χ3v) is 1.87. The zero-order valence-electron chi connectivity index (χ0n) is 7.78. The average Bonchev–Trinajstić information content (AvgIpc) is 2.10. The topological polar surface area (TPSA) is 77.8 Å². The summed E-state index contributed by atoms with van der Waals surface area (Å²) in [7, 11) is 0. The minimum Gasteiger partial charge on any atom is -0.396 e. The number of aliphatic hydroxyl groups is 3. The van der Waals surface area contributed by atoms with E-state index >= 15 is 0 Å². The molecule has 4 nitrogen and oxygen atoms in total. The molecule has 78 valence electrons. The van der Waals surface area contributed by atoms with Gasteiger partial charge in [0.15, 0.2) is 5.78 Å². The van der Waals surface area contributed by atoms with Crippen LogP contribution in [0.3, 0.4) is 0 Å². The number of ketones is 1. The van der Waals surface area contributed by atoms with E-state index in [0.29, 0.717) is 6.42 Å². The molecule has 0 saturated heterocycles. The van der Waals surface area contributed by atoms with E-state index in [1.165, 1.54) is 0 Å². The number of carbonyl (C=O) groups is 1. The fourth-order valence-corrected chi connectivity index (χ4v) is 1.07. The molecule has 0 aliphatic carbocycles. The Morgan fingerprint density at radius 3 is 2.08 bits per heavy atom. The molecule has 0 aromatic rings. The first-order chi connectivity index (χ1) is 6.18.